The average molecular weight is 273 g/mol. The molecule has 0 amide bonds. The van der Waals surface area contributed by atoms with E-state index in [9.17, 15) is 5.26 Å². The minimum absolute atomic E-state index is 0.475. The van der Waals surface area contributed by atoms with E-state index in [2.05, 4.69) is 23.3 Å². The molecule has 0 spiro atoms. The topological polar surface area (TPSA) is 61.9 Å². The molecule has 1 heterocycles. The lowest BCUT2D eigenvalue weighted by molar-refractivity contribution is 0.479. The third-order valence-corrected chi connectivity index (χ3v) is 3.48. The van der Waals surface area contributed by atoms with Gasteiger partial charge < -0.3 is 9.73 Å². The highest BCUT2D eigenvalue weighted by molar-refractivity contribution is 7.99. The van der Waals surface area contributed by atoms with E-state index < -0.39 is 0 Å². The summed E-state index contributed by atoms with van der Waals surface area (Å²) < 4.78 is 5.39. The van der Waals surface area contributed by atoms with Crippen molar-refractivity contribution in [3.8, 4) is 6.07 Å². The van der Waals surface area contributed by atoms with Gasteiger partial charge in [0.15, 0.2) is 0 Å². The van der Waals surface area contributed by atoms with Gasteiger partial charge in [0.05, 0.1) is 24.0 Å². The number of benzene rings is 1. The highest BCUT2D eigenvalue weighted by Gasteiger charge is 2.08. The molecule has 2 aromatic rings. The molecule has 4 nitrogen and oxygen atoms in total. The van der Waals surface area contributed by atoms with Crippen LogP contribution in [0.3, 0.4) is 0 Å². The van der Waals surface area contributed by atoms with E-state index >= 15 is 0 Å². The first-order valence-electron chi connectivity index (χ1n) is 6.05. The van der Waals surface area contributed by atoms with Crippen LogP contribution in [0.1, 0.15) is 24.1 Å². The maximum absolute atomic E-state index is 9.28. The predicted molar refractivity (Wildman–Crippen MR) is 76.1 cm³/mol. The van der Waals surface area contributed by atoms with Crippen molar-refractivity contribution >= 4 is 17.4 Å². The molecular formula is C14H15N3OS. The van der Waals surface area contributed by atoms with Crippen LogP contribution < -0.4 is 5.32 Å². The van der Waals surface area contributed by atoms with Gasteiger partial charge in [-0.2, -0.15) is 5.26 Å². The lowest BCUT2D eigenvalue weighted by atomic mass is 10.2. The van der Waals surface area contributed by atoms with Gasteiger partial charge in [-0.25, -0.2) is 4.98 Å². The summed E-state index contributed by atoms with van der Waals surface area (Å²) in [5.41, 5.74) is 1.49. The van der Waals surface area contributed by atoms with Crippen molar-refractivity contribution in [1.29, 1.82) is 5.26 Å². The molecule has 19 heavy (non-hydrogen) atoms. The molecule has 1 N–H and O–H groups in total. The van der Waals surface area contributed by atoms with Gasteiger partial charge in [-0.1, -0.05) is 13.0 Å². The molecule has 0 aliphatic heterocycles. The Hall–Kier alpha value is -1.93. The third-order valence-electron chi connectivity index (χ3n) is 2.54. The van der Waals surface area contributed by atoms with E-state index in [1.165, 1.54) is 0 Å². The van der Waals surface area contributed by atoms with Crippen LogP contribution in [0.2, 0.25) is 0 Å². The molecule has 2 rings (SSSR count). The second kappa shape index (κ2) is 6.30. The summed E-state index contributed by atoms with van der Waals surface area (Å²) in [6, 6.07) is 8.06. The van der Waals surface area contributed by atoms with Gasteiger partial charge in [0.25, 0.3) is 0 Å². The summed E-state index contributed by atoms with van der Waals surface area (Å²) in [4.78, 5) is 5.13. The number of nitrogens with zero attached hydrogens (tertiary/aromatic N) is 2. The van der Waals surface area contributed by atoms with Crippen molar-refractivity contribution < 1.29 is 4.42 Å². The standard InChI is InChI=1S/C14H15N3OS/c1-3-19-13-6-4-5-12(11(13)7-15)16-9-14-17-8-10(2)18-14/h4-6,8,16H,3,9H2,1-2H3. The summed E-state index contributed by atoms with van der Waals surface area (Å²) >= 11 is 1.66. The Balaban J connectivity index is 2.16. The molecule has 1 aromatic heterocycles. The molecule has 98 valence electrons. The summed E-state index contributed by atoms with van der Waals surface area (Å²) in [6.45, 7) is 4.40. The van der Waals surface area contributed by atoms with E-state index in [1.54, 1.807) is 18.0 Å². The molecule has 0 saturated heterocycles. The number of hydrogen-bond acceptors (Lipinski definition) is 5. The predicted octanol–water partition coefficient (Wildman–Crippen LogP) is 3.58. The number of hydrogen-bond donors (Lipinski definition) is 1. The Kier molecular flexibility index (Phi) is 4.48. The smallest absolute Gasteiger partial charge is 0.213 e. The molecular weight excluding hydrogens is 258 g/mol. The lowest BCUT2D eigenvalue weighted by Crippen LogP contribution is -2.02. The Bertz CT molecular complexity index is 601. The number of nitrogens with one attached hydrogen (secondary N) is 1. The van der Waals surface area contributed by atoms with Crippen LogP contribution in [0.4, 0.5) is 5.69 Å². The van der Waals surface area contributed by atoms with Crippen LogP contribution >= 0.6 is 11.8 Å². The number of anilines is 1. The van der Waals surface area contributed by atoms with Crippen molar-refractivity contribution in [2.24, 2.45) is 0 Å². The van der Waals surface area contributed by atoms with E-state index in [0.717, 1.165) is 22.1 Å². The van der Waals surface area contributed by atoms with Crippen molar-refractivity contribution in [2.75, 3.05) is 11.1 Å². The molecule has 0 aliphatic rings. The van der Waals surface area contributed by atoms with Crippen molar-refractivity contribution in [1.82, 2.24) is 4.98 Å². The van der Waals surface area contributed by atoms with Crippen LogP contribution in [-0.2, 0) is 6.54 Å². The SMILES string of the molecule is CCSc1cccc(NCc2ncc(C)o2)c1C#N. The normalized spacial score (nSPS) is 10.2. The number of oxazole rings is 1. The van der Waals surface area contributed by atoms with Crippen LogP contribution in [0, 0.1) is 18.3 Å². The molecule has 0 aliphatic carbocycles. The van der Waals surface area contributed by atoms with E-state index in [4.69, 9.17) is 4.42 Å². The number of nitriles is 1. The van der Waals surface area contributed by atoms with Crippen molar-refractivity contribution in [3.63, 3.8) is 0 Å². The van der Waals surface area contributed by atoms with Crippen LogP contribution in [0.25, 0.3) is 0 Å². The average Bonchev–Trinajstić information content (AvgIpc) is 2.83. The zero-order valence-electron chi connectivity index (χ0n) is 10.9. The molecule has 0 saturated carbocycles. The Morgan fingerprint density at radius 2 is 2.32 bits per heavy atom. The van der Waals surface area contributed by atoms with Gasteiger partial charge in [-0.05, 0) is 24.8 Å². The second-order valence-corrected chi connectivity index (χ2v) is 5.25. The van der Waals surface area contributed by atoms with Gasteiger partial charge >= 0.3 is 0 Å². The number of thioether (sulfide) groups is 1. The maximum Gasteiger partial charge on any atom is 0.213 e. The zero-order valence-corrected chi connectivity index (χ0v) is 11.8. The van der Waals surface area contributed by atoms with E-state index in [1.807, 2.05) is 25.1 Å². The first kappa shape index (κ1) is 13.5. The molecule has 0 unspecified atom stereocenters. The molecule has 0 radical (unpaired) electrons. The Morgan fingerprint density at radius 1 is 1.47 bits per heavy atom. The lowest BCUT2D eigenvalue weighted by Gasteiger charge is -2.09. The van der Waals surface area contributed by atoms with Crippen LogP contribution in [0.5, 0.6) is 0 Å². The first-order chi connectivity index (χ1) is 9.24. The van der Waals surface area contributed by atoms with E-state index in [-0.39, 0.29) is 0 Å². The molecule has 1 aromatic carbocycles. The highest BCUT2D eigenvalue weighted by Crippen LogP contribution is 2.28. The fourth-order valence-corrected chi connectivity index (χ4v) is 2.51. The molecule has 5 heteroatoms. The minimum Gasteiger partial charge on any atom is -0.444 e. The van der Waals surface area contributed by atoms with Gasteiger partial charge in [-0.15, -0.1) is 11.8 Å². The fourth-order valence-electron chi connectivity index (χ4n) is 1.72. The molecule has 0 fully saturated rings. The first-order valence-corrected chi connectivity index (χ1v) is 7.04. The van der Waals surface area contributed by atoms with Gasteiger partial charge in [0.2, 0.25) is 5.89 Å². The molecule has 0 bridgehead atoms. The van der Waals surface area contributed by atoms with Crippen LogP contribution in [-0.4, -0.2) is 10.7 Å². The van der Waals surface area contributed by atoms with Gasteiger partial charge in [0, 0.05) is 4.90 Å². The number of aromatic nitrogens is 1. The summed E-state index contributed by atoms with van der Waals surface area (Å²) in [5.74, 6) is 2.35. The summed E-state index contributed by atoms with van der Waals surface area (Å²) in [6.07, 6.45) is 1.69. The minimum atomic E-state index is 0.475. The third kappa shape index (κ3) is 3.30. The summed E-state index contributed by atoms with van der Waals surface area (Å²) in [7, 11) is 0. The monoisotopic (exact) mass is 273 g/mol. The van der Waals surface area contributed by atoms with Gasteiger partial charge in [-0.3, -0.25) is 0 Å². The van der Waals surface area contributed by atoms with Crippen LogP contribution in [0.15, 0.2) is 33.7 Å². The fraction of sp³-hybridized carbons (Fsp3) is 0.286. The summed E-state index contributed by atoms with van der Waals surface area (Å²) in [5, 5.41) is 12.5. The largest absolute Gasteiger partial charge is 0.444 e. The van der Waals surface area contributed by atoms with Gasteiger partial charge in [0.1, 0.15) is 11.8 Å². The number of rotatable bonds is 5. The van der Waals surface area contributed by atoms with Crippen molar-refractivity contribution in [3.05, 3.63) is 41.6 Å². The Labute approximate surface area is 116 Å². The highest BCUT2D eigenvalue weighted by atomic mass is 32.2. The molecule has 0 atom stereocenters. The Morgan fingerprint density at radius 3 is 2.95 bits per heavy atom. The quantitative estimate of drug-likeness (QED) is 0.844. The van der Waals surface area contributed by atoms with Crippen molar-refractivity contribution in [2.45, 2.75) is 25.3 Å². The van der Waals surface area contributed by atoms with E-state index in [0.29, 0.717) is 18.0 Å². The zero-order chi connectivity index (χ0) is 13.7. The number of aryl methyl sites for hydroxylation is 1. The second-order valence-electron chi connectivity index (χ2n) is 3.94. The maximum atomic E-state index is 9.28.